The van der Waals surface area contributed by atoms with Gasteiger partial charge in [0.15, 0.2) is 0 Å². The Kier molecular flexibility index (Phi) is 5.49. The smallest absolute Gasteiger partial charge is 0.249 e. The summed E-state index contributed by atoms with van der Waals surface area (Å²) in [6.45, 7) is 4.72. The van der Waals surface area contributed by atoms with E-state index in [1.165, 1.54) is 25.7 Å². The van der Waals surface area contributed by atoms with Crippen LogP contribution in [0.3, 0.4) is 0 Å². The first kappa shape index (κ1) is 16.2. The number of carbonyl (C=O) groups excluding carboxylic acids is 1. The molecule has 1 aromatic heterocycles. The van der Waals surface area contributed by atoms with Gasteiger partial charge in [0.2, 0.25) is 5.91 Å². The first-order valence-electron chi connectivity index (χ1n) is 8.85. The van der Waals surface area contributed by atoms with Crippen molar-refractivity contribution in [2.45, 2.75) is 64.2 Å². The number of aromatic nitrogens is 1. The Hall–Kier alpha value is -1.62. The van der Waals surface area contributed by atoms with Crippen LogP contribution in [0.4, 0.5) is 5.82 Å². The molecule has 2 fully saturated rings. The summed E-state index contributed by atoms with van der Waals surface area (Å²) in [6.07, 6.45) is 8.71. The van der Waals surface area contributed by atoms with Gasteiger partial charge in [-0.3, -0.25) is 4.79 Å². The van der Waals surface area contributed by atoms with Gasteiger partial charge < -0.3 is 15.0 Å². The fraction of sp³-hybridized carbons (Fsp3) is 0.667. The van der Waals surface area contributed by atoms with Crippen LogP contribution in [0.25, 0.3) is 0 Å². The summed E-state index contributed by atoms with van der Waals surface area (Å²) in [7, 11) is 0. The molecule has 1 amide bonds. The number of hydrogen-bond acceptors (Lipinski definition) is 4. The van der Waals surface area contributed by atoms with E-state index in [0.717, 1.165) is 37.3 Å². The van der Waals surface area contributed by atoms with Crippen LogP contribution < -0.4 is 10.2 Å². The van der Waals surface area contributed by atoms with Crippen molar-refractivity contribution in [1.29, 1.82) is 0 Å². The lowest BCUT2D eigenvalue weighted by molar-refractivity contribution is -0.131. The Morgan fingerprint density at radius 3 is 2.65 bits per heavy atom. The first-order valence-corrected chi connectivity index (χ1v) is 8.85. The van der Waals surface area contributed by atoms with E-state index in [1.807, 2.05) is 13.1 Å². The van der Waals surface area contributed by atoms with E-state index in [-0.39, 0.29) is 18.1 Å². The van der Waals surface area contributed by atoms with Crippen LogP contribution in [0, 0.1) is 0 Å². The van der Waals surface area contributed by atoms with Gasteiger partial charge in [0, 0.05) is 25.8 Å². The summed E-state index contributed by atoms with van der Waals surface area (Å²) in [5.41, 5.74) is 1.03. The zero-order valence-electron chi connectivity index (χ0n) is 14.0. The fourth-order valence-electron chi connectivity index (χ4n) is 3.31. The third-order valence-corrected chi connectivity index (χ3v) is 4.73. The van der Waals surface area contributed by atoms with E-state index in [4.69, 9.17) is 4.74 Å². The van der Waals surface area contributed by atoms with Crippen molar-refractivity contribution in [2.75, 3.05) is 18.0 Å². The molecule has 2 saturated heterocycles. The molecule has 2 aliphatic heterocycles. The molecule has 0 aliphatic carbocycles. The summed E-state index contributed by atoms with van der Waals surface area (Å²) >= 11 is 0. The van der Waals surface area contributed by atoms with E-state index in [0.29, 0.717) is 6.54 Å². The number of anilines is 1. The molecular weight excluding hydrogens is 290 g/mol. The van der Waals surface area contributed by atoms with Gasteiger partial charge >= 0.3 is 0 Å². The number of nitrogens with zero attached hydrogens (tertiary/aromatic N) is 2. The lowest BCUT2D eigenvalue weighted by Gasteiger charge is -2.21. The minimum atomic E-state index is -0.283. The topological polar surface area (TPSA) is 54.5 Å². The van der Waals surface area contributed by atoms with E-state index >= 15 is 0 Å². The summed E-state index contributed by atoms with van der Waals surface area (Å²) < 4.78 is 5.59. The number of carbonyl (C=O) groups is 1. The van der Waals surface area contributed by atoms with Gasteiger partial charge in [-0.25, -0.2) is 4.98 Å². The number of hydrogen-bond donors (Lipinski definition) is 1. The summed E-state index contributed by atoms with van der Waals surface area (Å²) in [5, 5.41) is 2.95. The molecule has 2 aliphatic rings. The van der Waals surface area contributed by atoms with Crippen molar-refractivity contribution in [1.82, 2.24) is 10.3 Å². The first-order chi connectivity index (χ1) is 11.2. The van der Waals surface area contributed by atoms with E-state index < -0.39 is 0 Å². The highest BCUT2D eigenvalue weighted by molar-refractivity contribution is 5.81. The zero-order chi connectivity index (χ0) is 16.1. The molecule has 0 bridgehead atoms. The van der Waals surface area contributed by atoms with E-state index in [1.54, 1.807) is 0 Å². The van der Waals surface area contributed by atoms with Gasteiger partial charge in [-0.05, 0) is 44.2 Å². The van der Waals surface area contributed by atoms with Crippen LogP contribution in [-0.4, -0.2) is 36.2 Å². The van der Waals surface area contributed by atoms with Crippen molar-refractivity contribution < 1.29 is 9.53 Å². The Labute approximate surface area is 138 Å². The largest absolute Gasteiger partial charge is 0.365 e. The number of amides is 1. The summed E-state index contributed by atoms with van der Waals surface area (Å²) in [4.78, 5) is 19.0. The van der Waals surface area contributed by atoms with Crippen LogP contribution in [0.1, 0.15) is 51.0 Å². The monoisotopic (exact) mass is 317 g/mol. The van der Waals surface area contributed by atoms with E-state index in [2.05, 4.69) is 27.3 Å². The average molecular weight is 317 g/mol. The van der Waals surface area contributed by atoms with Gasteiger partial charge in [-0.2, -0.15) is 0 Å². The Morgan fingerprint density at radius 1 is 1.26 bits per heavy atom. The van der Waals surface area contributed by atoms with Crippen molar-refractivity contribution in [3.63, 3.8) is 0 Å². The molecule has 3 rings (SSSR count). The van der Waals surface area contributed by atoms with Crippen molar-refractivity contribution in [3.8, 4) is 0 Å². The Balaban J connectivity index is 1.50. The molecule has 0 spiro atoms. The number of nitrogens with one attached hydrogen (secondary N) is 1. The van der Waals surface area contributed by atoms with Gasteiger partial charge in [-0.1, -0.05) is 18.9 Å². The molecule has 3 heterocycles. The lowest BCUT2D eigenvalue weighted by Crippen LogP contribution is -2.34. The quantitative estimate of drug-likeness (QED) is 0.927. The molecule has 5 nitrogen and oxygen atoms in total. The maximum Gasteiger partial charge on any atom is 0.249 e. The van der Waals surface area contributed by atoms with Crippen LogP contribution in [0.2, 0.25) is 0 Å². The zero-order valence-corrected chi connectivity index (χ0v) is 14.0. The van der Waals surface area contributed by atoms with Gasteiger partial charge in [0.25, 0.3) is 0 Å². The molecule has 0 radical (unpaired) electrons. The molecule has 23 heavy (non-hydrogen) atoms. The summed E-state index contributed by atoms with van der Waals surface area (Å²) in [6, 6.07) is 4.13. The predicted octanol–water partition coefficient (Wildman–Crippen LogP) is 2.65. The van der Waals surface area contributed by atoms with Gasteiger partial charge in [0.1, 0.15) is 11.9 Å². The Morgan fingerprint density at radius 2 is 2.04 bits per heavy atom. The standard InChI is InChI=1S/C18H27N3O2/c1-14-6-8-16(23-14)18(22)20-13-15-7-9-17(19-12-15)21-10-4-2-3-5-11-21/h7,9,12,14,16H,2-6,8,10-11,13H2,1H3,(H,20,22)/t14-,16-/m1/s1. The molecule has 0 saturated carbocycles. The van der Waals surface area contributed by atoms with Gasteiger partial charge in [-0.15, -0.1) is 0 Å². The third-order valence-electron chi connectivity index (χ3n) is 4.73. The molecule has 0 unspecified atom stereocenters. The SMILES string of the molecule is C[C@@H]1CC[C@H](C(=O)NCc2ccc(N3CCCCCC3)nc2)O1. The molecule has 1 aromatic rings. The minimum Gasteiger partial charge on any atom is -0.365 e. The second-order valence-corrected chi connectivity index (χ2v) is 6.66. The van der Waals surface area contributed by atoms with Crippen molar-refractivity contribution in [3.05, 3.63) is 23.9 Å². The molecule has 1 N–H and O–H groups in total. The molecule has 0 aromatic carbocycles. The lowest BCUT2D eigenvalue weighted by atomic mass is 10.2. The highest BCUT2D eigenvalue weighted by Crippen LogP contribution is 2.20. The maximum atomic E-state index is 12.1. The maximum absolute atomic E-state index is 12.1. The second-order valence-electron chi connectivity index (χ2n) is 6.66. The second kappa shape index (κ2) is 7.77. The molecule has 126 valence electrons. The molecular formula is C18H27N3O2. The Bertz CT molecular complexity index is 510. The van der Waals surface area contributed by atoms with Crippen LogP contribution in [0.15, 0.2) is 18.3 Å². The number of pyridine rings is 1. The van der Waals surface area contributed by atoms with Gasteiger partial charge in [0.05, 0.1) is 6.10 Å². The normalized spacial score (nSPS) is 25.2. The van der Waals surface area contributed by atoms with Crippen LogP contribution in [0.5, 0.6) is 0 Å². The minimum absolute atomic E-state index is 0.00838. The van der Waals surface area contributed by atoms with Crippen LogP contribution >= 0.6 is 0 Å². The molecule has 2 atom stereocenters. The summed E-state index contributed by atoms with van der Waals surface area (Å²) in [5.74, 6) is 1.04. The van der Waals surface area contributed by atoms with Crippen LogP contribution in [-0.2, 0) is 16.1 Å². The third kappa shape index (κ3) is 4.44. The number of ether oxygens (including phenoxy) is 1. The predicted molar refractivity (Wildman–Crippen MR) is 90.3 cm³/mol. The average Bonchev–Trinajstić information content (AvgIpc) is 2.84. The van der Waals surface area contributed by atoms with Crippen molar-refractivity contribution >= 4 is 11.7 Å². The van der Waals surface area contributed by atoms with E-state index in [9.17, 15) is 4.79 Å². The number of rotatable bonds is 4. The highest BCUT2D eigenvalue weighted by Gasteiger charge is 2.27. The molecule has 5 heteroatoms. The fourth-order valence-corrected chi connectivity index (χ4v) is 3.31. The highest BCUT2D eigenvalue weighted by atomic mass is 16.5. The van der Waals surface area contributed by atoms with Crippen molar-refractivity contribution in [2.24, 2.45) is 0 Å².